The predicted octanol–water partition coefficient (Wildman–Crippen LogP) is 4.23. The minimum atomic E-state index is -0.375. The molecule has 0 aliphatic heterocycles. The normalized spacial score (nSPS) is 10.3. The first-order chi connectivity index (χ1) is 13.0. The molecule has 5 nitrogen and oxygen atoms in total. The Morgan fingerprint density at radius 1 is 0.926 bits per heavy atom. The Hall–Kier alpha value is -3.18. The molecule has 0 saturated heterocycles. The number of nitrogens with zero attached hydrogens (tertiary/aromatic N) is 1. The van der Waals surface area contributed by atoms with Crippen molar-refractivity contribution < 1.29 is 9.59 Å². The van der Waals surface area contributed by atoms with Gasteiger partial charge in [-0.05, 0) is 48.4 Å². The third kappa shape index (κ3) is 4.92. The monoisotopic (exact) mass is 379 g/mol. The summed E-state index contributed by atoms with van der Waals surface area (Å²) in [4.78, 5) is 28.9. The first kappa shape index (κ1) is 18.6. The lowest BCUT2D eigenvalue weighted by Gasteiger charge is -2.08. The average molecular weight is 380 g/mol. The number of benzene rings is 2. The Labute approximate surface area is 162 Å². The molecule has 3 aromatic rings. The summed E-state index contributed by atoms with van der Waals surface area (Å²) in [6.07, 6.45) is 0. The molecule has 1 aromatic heterocycles. The van der Waals surface area contributed by atoms with E-state index in [4.69, 9.17) is 11.6 Å². The van der Waals surface area contributed by atoms with Crippen LogP contribution in [0.1, 0.15) is 32.1 Å². The van der Waals surface area contributed by atoms with E-state index in [0.29, 0.717) is 10.7 Å². The highest BCUT2D eigenvalue weighted by atomic mass is 35.5. The number of amides is 2. The van der Waals surface area contributed by atoms with Crippen LogP contribution in [0.15, 0.2) is 66.7 Å². The molecule has 0 aliphatic carbocycles. The molecule has 2 N–H and O–H groups in total. The molecule has 0 spiro atoms. The molecule has 0 radical (unpaired) electrons. The minimum Gasteiger partial charge on any atom is -0.347 e. The maximum absolute atomic E-state index is 12.4. The zero-order chi connectivity index (χ0) is 19.2. The van der Waals surface area contributed by atoms with E-state index < -0.39 is 0 Å². The standard InChI is InChI=1S/C21H18ClN3O2/c1-14-6-4-8-16(12-14)24-21(27)19-11-5-10-18(25-19)20(26)23-13-15-7-2-3-9-17(15)22/h2-12H,13H2,1H3,(H,23,26)(H,24,27). The molecule has 2 aromatic carbocycles. The van der Waals surface area contributed by atoms with Crippen molar-refractivity contribution in [2.45, 2.75) is 13.5 Å². The Balaban J connectivity index is 1.68. The van der Waals surface area contributed by atoms with Crippen molar-refractivity contribution in [2.75, 3.05) is 5.32 Å². The lowest BCUT2D eigenvalue weighted by Crippen LogP contribution is -2.25. The lowest BCUT2D eigenvalue weighted by molar-refractivity contribution is 0.0945. The fourth-order valence-corrected chi connectivity index (χ4v) is 2.72. The van der Waals surface area contributed by atoms with Crippen LogP contribution in [0, 0.1) is 6.92 Å². The van der Waals surface area contributed by atoms with Crippen molar-refractivity contribution in [3.63, 3.8) is 0 Å². The number of pyridine rings is 1. The number of hydrogen-bond donors (Lipinski definition) is 2. The molecule has 0 saturated carbocycles. The van der Waals surface area contributed by atoms with E-state index in [2.05, 4.69) is 15.6 Å². The predicted molar refractivity (Wildman–Crippen MR) is 106 cm³/mol. The van der Waals surface area contributed by atoms with Crippen LogP contribution in [0.2, 0.25) is 5.02 Å². The topological polar surface area (TPSA) is 71.1 Å². The zero-order valence-corrected chi connectivity index (χ0v) is 15.5. The highest BCUT2D eigenvalue weighted by Gasteiger charge is 2.13. The summed E-state index contributed by atoms with van der Waals surface area (Å²) in [5.41, 5.74) is 2.85. The SMILES string of the molecule is Cc1cccc(NC(=O)c2cccc(C(=O)NCc3ccccc3Cl)n2)c1. The third-order valence-electron chi connectivity index (χ3n) is 3.89. The van der Waals surface area contributed by atoms with E-state index in [-0.39, 0.29) is 29.7 Å². The van der Waals surface area contributed by atoms with Gasteiger partial charge in [0.15, 0.2) is 0 Å². The number of halogens is 1. The summed E-state index contributed by atoms with van der Waals surface area (Å²) in [5, 5.41) is 6.12. The van der Waals surface area contributed by atoms with Crippen LogP contribution in [0.4, 0.5) is 5.69 Å². The van der Waals surface area contributed by atoms with Crippen LogP contribution in [-0.4, -0.2) is 16.8 Å². The lowest BCUT2D eigenvalue weighted by atomic mass is 10.2. The molecule has 27 heavy (non-hydrogen) atoms. The number of aryl methyl sites for hydroxylation is 1. The number of hydrogen-bond acceptors (Lipinski definition) is 3. The second kappa shape index (κ2) is 8.47. The molecule has 0 bridgehead atoms. The summed E-state index contributed by atoms with van der Waals surface area (Å²) >= 11 is 6.09. The first-order valence-electron chi connectivity index (χ1n) is 8.39. The second-order valence-corrected chi connectivity index (χ2v) is 6.41. The Morgan fingerprint density at radius 3 is 2.37 bits per heavy atom. The first-order valence-corrected chi connectivity index (χ1v) is 8.77. The van der Waals surface area contributed by atoms with E-state index in [9.17, 15) is 9.59 Å². The van der Waals surface area contributed by atoms with Gasteiger partial charge in [0.25, 0.3) is 11.8 Å². The molecular formula is C21H18ClN3O2. The number of nitrogens with one attached hydrogen (secondary N) is 2. The maximum Gasteiger partial charge on any atom is 0.274 e. The summed E-state index contributed by atoms with van der Waals surface area (Å²) in [6.45, 7) is 2.22. The molecule has 0 unspecified atom stereocenters. The maximum atomic E-state index is 12.4. The number of anilines is 1. The third-order valence-corrected chi connectivity index (χ3v) is 4.26. The molecular weight excluding hydrogens is 362 g/mol. The largest absolute Gasteiger partial charge is 0.347 e. The van der Waals surface area contributed by atoms with Gasteiger partial charge < -0.3 is 10.6 Å². The molecule has 3 rings (SSSR count). The van der Waals surface area contributed by atoms with Crippen LogP contribution in [0.5, 0.6) is 0 Å². The smallest absolute Gasteiger partial charge is 0.274 e. The molecule has 1 heterocycles. The number of aromatic nitrogens is 1. The van der Waals surface area contributed by atoms with Crippen LogP contribution < -0.4 is 10.6 Å². The Kier molecular flexibility index (Phi) is 5.84. The van der Waals surface area contributed by atoms with Gasteiger partial charge in [-0.15, -0.1) is 0 Å². The second-order valence-electron chi connectivity index (χ2n) is 6.01. The number of rotatable bonds is 5. The summed E-state index contributed by atoms with van der Waals surface area (Å²) in [7, 11) is 0. The van der Waals surface area contributed by atoms with Crippen molar-refractivity contribution in [3.8, 4) is 0 Å². The minimum absolute atomic E-state index is 0.166. The molecule has 0 aliphatic rings. The zero-order valence-electron chi connectivity index (χ0n) is 14.7. The van der Waals surface area contributed by atoms with Crippen LogP contribution >= 0.6 is 11.6 Å². The molecule has 6 heteroatoms. The van der Waals surface area contributed by atoms with Crippen molar-refractivity contribution >= 4 is 29.1 Å². The van der Waals surface area contributed by atoms with Crippen molar-refractivity contribution in [1.82, 2.24) is 10.3 Å². The van der Waals surface area contributed by atoms with Gasteiger partial charge in [0, 0.05) is 17.3 Å². The highest BCUT2D eigenvalue weighted by molar-refractivity contribution is 6.31. The fourth-order valence-electron chi connectivity index (χ4n) is 2.51. The van der Waals surface area contributed by atoms with Gasteiger partial charge >= 0.3 is 0 Å². The summed E-state index contributed by atoms with van der Waals surface area (Å²) in [5.74, 6) is -0.749. The van der Waals surface area contributed by atoms with E-state index in [1.165, 1.54) is 0 Å². The Morgan fingerprint density at radius 2 is 1.63 bits per heavy atom. The molecule has 136 valence electrons. The van der Waals surface area contributed by atoms with Gasteiger partial charge in [-0.25, -0.2) is 4.98 Å². The van der Waals surface area contributed by atoms with E-state index >= 15 is 0 Å². The van der Waals surface area contributed by atoms with E-state index in [0.717, 1.165) is 11.1 Å². The molecule has 0 fully saturated rings. The van der Waals surface area contributed by atoms with E-state index in [1.807, 2.05) is 43.3 Å². The van der Waals surface area contributed by atoms with Gasteiger partial charge in [-0.1, -0.05) is 48.0 Å². The van der Waals surface area contributed by atoms with Crippen LogP contribution in [0.25, 0.3) is 0 Å². The van der Waals surface area contributed by atoms with E-state index in [1.54, 1.807) is 30.3 Å². The quantitative estimate of drug-likeness (QED) is 0.697. The molecule has 0 atom stereocenters. The summed E-state index contributed by atoms with van der Waals surface area (Å²) < 4.78 is 0. The average Bonchev–Trinajstić information content (AvgIpc) is 2.67. The van der Waals surface area contributed by atoms with Gasteiger partial charge in [-0.3, -0.25) is 9.59 Å². The van der Waals surface area contributed by atoms with Gasteiger partial charge in [0.05, 0.1) is 0 Å². The van der Waals surface area contributed by atoms with Crippen LogP contribution in [0.3, 0.4) is 0 Å². The Bertz CT molecular complexity index is 988. The molecule has 2 amide bonds. The van der Waals surface area contributed by atoms with Crippen LogP contribution in [-0.2, 0) is 6.54 Å². The van der Waals surface area contributed by atoms with Gasteiger partial charge in [0.2, 0.25) is 0 Å². The highest BCUT2D eigenvalue weighted by Crippen LogP contribution is 2.15. The number of carbonyl (C=O) groups is 2. The van der Waals surface area contributed by atoms with Crippen molar-refractivity contribution in [1.29, 1.82) is 0 Å². The van der Waals surface area contributed by atoms with Gasteiger partial charge in [0.1, 0.15) is 11.4 Å². The summed E-state index contributed by atoms with van der Waals surface area (Å²) in [6, 6.07) is 19.5. The number of carbonyl (C=O) groups excluding carboxylic acids is 2. The van der Waals surface area contributed by atoms with Crippen molar-refractivity contribution in [3.05, 3.63) is 94.3 Å². The van der Waals surface area contributed by atoms with Crippen molar-refractivity contribution in [2.24, 2.45) is 0 Å². The fraction of sp³-hybridized carbons (Fsp3) is 0.0952. The van der Waals surface area contributed by atoms with Gasteiger partial charge in [-0.2, -0.15) is 0 Å².